The fourth-order valence-corrected chi connectivity index (χ4v) is 4.83. The van der Waals surface area contributed by atoms with Crippen molar-refractivity contribution in [2.24, 2.45) is 0 Å². The number of alkyl carbamates (subject to hydrolysis) is 1. The van der Waals surface area contributed by atoms with Gasteiger partial charge in [-0.05, 0) is 42.3 Å². The lowest BCUT2D eigenvalue weighted by Gasteiger charge is -2.28. The zero-order valence-corrected chi connectivity index (χ0v) is 22.7. The number of imidazole rings is 1. The van der Waals surface area contributed by atoms with Crippen molar-refractivity contribution in [3.8, 4) is 0 Å². The lowest BCUT2D eigenvalue weighted by molar-refractivity contribution is 0.102. The van der Waals surface area contributed by atoms with Crippen molar-refractivity contribution < 1.29 is 14.3 Å². The largest absolute Gasteiger partial charge is 0.449 e. The molecule has 1 aliphatic rings. The molecule has 0 spiro atoms. The summed E-state index contributed by atoms with van der Waals surface area (Å²) in [5, 5.41) is 13.6. The number of rotatable bonds is 9. The Labute approximate surface area is 233 Å². The molecule has 3 N–H and O–H groups in total. The molecule has 0 saturated carbocycles. The number of para-hydroxylation sites is 1. The van der Waals surface area contributed by atoms with E-state index in [9.17, 15) is 9.59 Å². The molecular formula is C31H34N6O3. The number of benzene rings is 3. The normalized spacial score (nSPS) is 13.0. The fraction of sp³-hybridized carbons (Fsp3) is 0.290. The van der Waals surface area contributed by atoms with Crippen LogP contribution in [0.2, 0.25) is 0 Å². The Balaban J connectivity index is 1.17. The summed E-state index contributed by atoms with van der Waals surface area (Å²) in [6.45, 7) is 5.58. The summed E-state index contributed by atoms with van der Waals surface area (Å²) in [5.74, 6) is 0.841. The number of ether oxygens (including phenoxy) is 1. The number of amidine groups is 1. The second kappa shape index (κ2) is 12.6. The molecule has 0 saturated heterocycles. The summed E-state index contributed by atoms with van der Waals surface area (Å²) in [5.41, 5.74) is 4.93. The van der Waals surface area contributed by atoms with Gasteiger partial charge in [0, 0.05) is 36.4 Å². The van der Waals surface area contributed by atoms with Crippen molar-refractivity contribution in [1.82, 2.24) is 19.8 Å². The summed E-state index contributed by atoms with van der Waals surface area (Å²) >= 11 is 0. The van der Waals surface area contributed by atoms with Crippen LogP contribution in [0.25, 0.3) is 11.0 Å². The SMILES string of the molecule is CCCCCOC(=O)NC(=N)c1ccc(CN2CCn3c(nc4cc(C(=O)Nc5ccccc5)ccc43)C2)cc1. The lowest BCUT2D eigenvalue weighted by Crippen LogP contribution is -2.33. The van der Waals surface area contributed by atoms with Crippen LogP contribution < -0.4 is 10.6 Å². The average Bonchev–Trinajstić information content (AvgIpc) is 3.33. The molecule has 0 fully saturated rings. The number of hydrogen-bond donors (Lipinski definition) is 3. The Morgan fingerprint density at radius 1 is 0.975 bits per heavy atom. The van der Waals surface area contributed by atoms with Crippen LogP contribution in [0.15, 0.2) is 72.8 Å². The Morgan fingerprint density at radius 2 is 1.75 bits per heavy atom. The van der Waals surface area contributed by atoms with Crippen molar-refractivity contribution in [2.45, 2.75) is 45.8 Å². The number of carbonyl (C=O) groups is 2. The first-order valence-corrected chi connectivity index (χ1v) is 13.7. The molecule has 9 heteroatoms. The predicted molar refractivity (Wildman–Crippen MR) is 156 cm³/mol. The number of hydrogen-bond acceptors (Lipinski definition) is 6. The fourth-order valence-electron chi connectivity index (χ4n) is 4.83. The van der Waals surface area contributed by atoms with Crippen molar-refractivity contribution in [2.75, 3.05) is 18.5 Å². The molecule has 0 unspecified atom stereocenters. The van der Waals surface area contributed by atoms with Crippen LogP contribution in [0.5, 0.6) is 0 Å². The van der Waals surface area contributed by atoms with E-state index in [1.165, 1.54) is 0 Å². The van der Waals surface area contributed by atoms with Crippen LogP contribution in [0.1, 0.15) is 53.5 Å². The molecule has 5 rings (SSSR count). The van der Waals surface area contributed by atoms with Gasteiger partial charge in [0.05, 0.1) is 24.2 Å². The maximum atomic E-state index is 12.7. The third-order valence-corrected chi connectivity index (χ3v) is 6.98. The van der Waals surface area contributed by atoms with Crippen molar-refractivity contribution in [3.63, 3.8) is 0 Å². The van der Waals surface area contributed by atoms with E-state index in [1.54, 1.807) is 0 Å². The highest BCUT2D eigenvalue weighted by atomic mass is 16.5. The maximum Gasteiger partial charge on any atom is 0.412 e. The Morgan fingerprint density at radius 3 is 2.52 bits per heavy atom. The van der Waals surface area contributed by atoms with Gasteiger partial charge < -0.3 is 14.6 Å². The second-order valence-electron chi connectivity index (χ2n) is 9.95. The van der Waals surface area contributed by atoms with Gasteiger partial charge in [0.25, 0.3) is 5.91 Å². The van der Waals surface area contributed by atoms with Crippen molar-refractivity contribution in [3.05, 3.63) is 95.3 Å². The highest BCUT2D eigenvalue weighted by molar-refractivity contribution is 6.06. The molecule has 40 heavy (non-hydrogen) atoms. The Bertz CT molecular complexity index is 1500. The average molecular weight is 539 g/mol. The number of carbonyl (C=O) groups excluding carboxylic acids is 2. The highest BCUT2D eigenvalue weighted by Crippen LogP contribution is 2.23. The standard InChI is InChI=1S/C31H34N6O3/c1-2-3-7-18-40-31(39)35-29(32)23-12-10-22(11-13-23)20-36-16-17-37-27-15-14-24(19-26(27)34-28(37)21-36)30(38)33-25-8-5-4-6-9-25/h4-6,8-15,19H,2-3,7,16-18,20-21H2,1H3,(H,33,38)(H2,32,35,39). The van der Waals surface area contributed by atoms with Crippen LogP contribution in [-0.4, -0.2) is 45.4 Å². The van der Waals surface area contributed by atoms with Crippen LogP contribution in [0.4, 0.5) is 10.5 Å². The van der Waals surface area contributed by atoms with E-state index in [0.717, 1.165) is 67.0 Å². The van der Waals surface area contributed by atoms with Gasteiger partial charge in [-0.3, -0.25) is 20.4 Å². The molecule has 3 aromatic carbocycles. The minimum atomic E-state index is -0.592. The number of fused-ring (bicyclic) bond motifs is 3. The Kier molecular flexibility index (Phi) is 8.51. The molecule has 0 bridgehead atoms. The number of anilines is 1. The first-order chi connectivity index (χ1) is 19.5. The van der Waals surface area contributed by atoms with Gasteiger partial charge in [-0.2, -0.15) is 0 Å². The van der Waals surface area contributed by atoms with Gasteiger partial charge >= 0.3 is 6.09 Å². The molecule has 4 aromatic rings. The van der Waals surface area contributed by atoms with Crippen LogP contribution in [0.3, 0.4) is 0 Å². The van der Waals surface area contributed by atoms with E-state index in [2.05, 4.69) is 27.0 Å². The minimum Gasteiger partial charge on any atom is -0.449 e. The van der Waals surface area contributed by atoms with Crippen molar-refractivity contribution >= 4 is 34.6 Å². The van der Waals surface area contributed by atoms with E-state index in [0.29, 0.717) is 24.3 Å². The number of amides is 2. The van der Waals surface area contributed by atoms with E-state index in [-0.39, 0.29) is 11.7 Å². The van der Waals surface area contributed by atoms with Gasteiger partial charge in [0.1, 0.15) is 11.7 Å². The predicted octanol–water partition coefficient (Wildman–Crippen LogP) is 5.55. The molecule has 2 amide bonds. The van der Waals surface area contributed by atoms with Crippen LogP contribution in [0, 0.1) is 5.41 Å². The molecule has 206 valence electrons. The second-order valence-corrected chi connectivity index (χ2v) is 9.95. The quantitative estimate of drug-likeness (QED) is 0.147. The smallest absolute Gasteiger partial charge is 0.412 e. The summed E-state index contributed by atoms with van der Waals surface area (Å²) in [7, 11) is 0. The van der Waals surface area contributed by atoms with Crippen molar-refractivity contribution in [1.29, 1.82) is 5.41 Å². The molecule has 0 aliphatic carbocycles. The van der Waals surface area contributed by atoms with Gasteiger partial charge in [-0.1, -0.05) is 62.2 Å². The summed E-state index contributed by atoms with van der Waals surface area (Å²) in [6.07, 6.45) is 2.30. The third-order valence-electron chi connectivity index (χ3n) is 6.98. The molecule has 0 radical (unpaired) electrons. The monoisotopic (exact) mass is 538 g/mol. The lowest BCUT2D eigenvalue weighted by atomic mass is 10.1. The zero-order chi connectivity index (χ0) is 27.9. The number of unbranched alkanes of at least 4 members (excludes halogenated alkanes) is 2. The van der Waals surface area contributed by atoms with Gasteiger partial charge in [-0.15, -0.1) is 0 Å². The van der Waals surface area contributed by atoms with Crippen LogP contribution in [-0.2, 0) is 24.4 Å². The third kappa shape index (κ3) is 6.55. The van der Waals surface area contributed by atoms with Crippen LogP contribution >= 0.6 is 0 Å². The molecular weight excluding hydrogens is 504 g/mol. The van der Waals surface area contributed by atoms with E-state index in [1.807, 2.05) is 72.8 Å². The summed E-state index contributed by atoms with van der Waals surface area (Å²) in [4.78, 5) is 31.8. The molecule has 1 aliphatic heterocycles. The van der Waals surface area contributed by atoms with E-state index in [4.69, 9.17) is 15.1 Å². The number of nitrogens with zero attached hydrogens (tertiary/aromatic N) is 3. The topological polar surface area (TPSA) is 112 Å². The van der Waals surface area contributed by atoms with Gasteiger partial charge in [0.2, 0.25) is 0 Å². The van der Waals surface area contributed by atoms with Gasteiger partial charge in [-0.25, -0.2) is 9.78 Å². The summed E-state index contributed by atoms with van der Waals surface area (Å²) in [6, 6.07) is 22.7. The van der Waals surface area contributed by atoms with E-state index < -0.39 is 6.09 Å². The molecule has 9 nitrogen and oxygen atoms in total. The Hall–Kier alpha value is -4.50. The number of aromatic nitrogens is 2. The molecule has 2 heterocycles. The maximum absolute atomic E-state index is 12.7. The van der Waals surface area contributed by atoms with Gasteiger partial charge in [0.15, 0.2) is 0 Å². The minimum absolute atomic E-state index is 0.0237. The summed E-state index contributed by atoms with van der Waals surface area (Å²) < 4.78 is 7.35. The number of nitrogens with one attached hydrogen (secondary N) is 3. The first kappa shape index (κ1) is 27.1. The molecule has 1 aromatic heterocycles. The van der Waals surface area contributed by atoms with E-state index >= 15 is 0 Å². The molecule has 0 atom stereocenters. The highest BCUT2D eigenvalue weighted by Gasteiger charge is 2.21. The zero-order valence-electron chi connectivity index (χ0n) is 22.7. The first-order valence-electron chi connectivity index (χ1n) is 13.7.